The normalized spacial score (nSPS) is 10.2. The summed E-state index contributed by atoms with van der Waals surface area (Å²) in [4.78, 5) is 13.7. The Hall–Kier alpha value is -1.21. The number of rotatable bonds is 5. The first-order valence-corrected chi connectivity index (χ1v) is 5.02. The maximum Gasteiger partial charge on any atom is 0.329 e. The van der Waals surface area contributed by atoms with Gasteiger partial charge in [0.05, 0.1) is 13.7 Å². The van der Waals surface area contributed by atoms with Crippen LogP contribution in [-0.4, -0.2) is 29.8 Å². The van der Waals surface area contributed by atoms with Gasteiger partial charge in [0.1, 0.15) is 6.61 Å². The zero-order chi connectivity index (χ0) is 12.1. The molecule has 7 heteroatoms. The fraction of sp³-hybridized carbons (Fsp3) is 0.333. The zero-order valence-corrected chi connectivity index (χ0v) is 9.95. The summed E-state index contributed by atoms with van der Waals surface area (Å²) in [6, 6.07) is 0. The number of halogens is 2. The first kappa shape index (κ1) is 12.9. The summed E-state index contributed by atoms with van der Waals surface area (Å²) < 4.78 is 23.4. The van der Waals surface area contributed by atoms with Crippen LogP contribution in [0.25, 0.3) is 0 Å². The van der Waals surface area contributed by atoms with Crippen molar-refractivity contribution in [3.05, 3.63) is 22.2 Å². The molecular weight excluding hydrogens is 285 g/mol. The lowest BCUT2D eigenvalue weighted by Gasteiger charge is -2.10. The van der Waals surface area contributed by atoms with Gasteiger partial charge in [-0.15, -0.1) is 0 Å². The average molecular weight is 294 g/mol. The second-order valence-corrected chi connectivity index (χ2v) is 3.65. The smallest absolute Gasteiger partial charge is 0.329 e. The second kappa shape index (κ2) is 5.76. The van der Waals surface area contributed by atoms with Gasteiger partial charge < -0.3 is 14.6 Å². The van der Waals surface area contributed by atoms with E-state index in [-0.39, 0.29) is 12.4 Å². The maximum absolute atomic E-state index is 13.2. The van der Waals surface area contributed by atoms with Gasteiger partial charge in [-0.1, -0.05) is 0 Å². The molecule has 5 nitrogen and oxygen atoms in total. The number of carbonyl (C=O) groups is 1. The van der Waals surface area contributed by atoms with E-state index in [0.717, 1.165) is 0 Å². The predicted octanol–water partition coefficient (Wildman–Crippen LogP) is 1.59. The largest absolute Gasteiger partial charge is 0.492 e. The Morgan fingerprint density at radius 2 is 2.38 bits per heavy atom. The van der Waals surface area contributed by atoms with E-state index in [1.807, 2.05) is 0 Å². The molecule has 88 valence electrons. The summed E-state index contributed by atoms with van der Waals surface area (Å²) in [6.45, 7) is -0.533. The topological polar surface area (TPSA) is 68.7 Å². The maximum atomic E-state index is 13.2. The predicted molar refractivity (Wildman–Crippen MR) is 55.7 cm³/mol. The molecule has 0 fully saturated rings. The van der Waals surface area contributed by atoms with E-state index in [4.69, 9.17) is 14.6 Å². The summed E-state index contributed by atoms with van der Waals surface area (Å²) in [6.07, 6.45) is 1.26. The van der Waals surface area contributed by atoms with Crippen LogP contribution in [0, 0.1) is 5.95 Å². The molecule has 0 atom stereocenters. The molecule has 0 aliphatic carbocycles. The van der Waals surface area contributed by atoms with Gasteiger partial charge in [0.15, 0.2) is 5.75 Å². The highest BCUT2D eigenvalue weighted by Crippen LogP contribution is 2.28. The van der Waals surface area contributed by atoms with Crippen LogP contribution in [0.3, 0.4) is 0 Å². The Bertz CT molecular complexity index is 399. The van der Waals surface area contributed by atoms with Gasteiger partial charge in [-0.25, -0.2) is 9.78 Å². The second-order valence-electron chi connectivity index (χ2n) is 2.80. The van der Waals surface area contributed by atoms with Gasteiger partial charge in [-0.2, -0.15) is 4.39 Å². The number of hydrogen-bond acceptors (Lipinski definition) is 4. The molecule has 0 bridgehead atoms. The van der Waals surface area contributed by atoms with Gasteiger partial charge in [-0.05, 0) is 15.9 Å². The van der Waals surface area contributed by atoms with Gasteiger partial charge >= 0.3 is 5.97 Å². The minimum absolute atomic E-state index is 0.0558. The lowest BCUT2D eigenvalue weighted by molar-refractivity contribution is -0.142. The third-order valence-electron chi connectivity index (χ3n) is 1.72. The summed E-state index contributed by atoms with van der Waals surface area (Å²) in [7, 11) is 1.30. The van der Waals surface area contributed by atoms with E-state index in [9.17, 15) is 9.18 Å². The Kier molecular flexibility index (Phi) is 4.63. The van der Waals surface area contributed by atoms with E-state index in [1.165, 1.54) is 13.3 Å². The Morgan fingerprint density at radius 3 is 2.94 bits per heavy atom. The molecule has 1 aromatic rings. The third kappa shape index (κ3) is 3.14. The lowest BCUT2D eigenvalue weighted by Crippen LogP contribution is -2.08. The SMILES string of the molecule is COc1c(F)ncc(Br)c1COCC(=O)O. The van der Waals surface area contributed by atoms with E-state index in [2.05, 4.69) is 20.9 Å². The number of carboxylic acids is 1. The quantitative estimate of drug-likeness (QED) is 0.835. The van der Waals surface area contributed by atoms with Crippen molar-refractivity contribution in [1.82, 2.24) is 4.98 Å². The van der Waals surface area contributed by atoms with Crippen molar-refractivity contribution in [3.8, 4) is 5.75 Å². The number of aliphatic carboxylic acids is 1. The molecule has 0 radical (unpaired) electrons. The van der Waals surface area contributed by atoms with E-state index in [0.29, 0.717) is 10.0 Å². The molecule has 0 amide bonds. The monoisotopic (exact) mass is 293 g/mol. The van der Waals surface area contributed by atoms with Crippen LogP contribution in [-0.2, 0) is 16.1 Å². The van der Waals surface area contributed by atoms with Crippen LogP contribution in [0.4, 0.5) is 4.39 Å². The highest BCUT2D eigenvalue weighted by atomic mass is 79.9. The van der Waals surface area contributed by atoms with Crippen molar-refractivity contribution in [2.45, 2.75) is 6.61 Å². The summed E-state index contributed by atoms with van der Waals surface area (Å²) in [5, 5.41) is 8.39. The van der Waals surface area contributed by atoms with Crippen LogP contribution in [0.2, 0.25) is 0 Å². The van der Waals surface area contributed by atoms with Crippen LogP contribution < -0.4 is 4.74 Å². The molecule has 0 spiro atoms. The van der Waals surface area contributed by atoms with Crippen LogP contribution in [0.15, 0.2) is 10.7 Å². The van der Waals surface area contributed by atoms with Crippen molar-refractivity contribution in [2.75, 3.05) is 13.7 Å². The van der Waals surface area contributed by atoms with Crippen molar-refractivity contribution in [3.63, 3.8) is 0 Å². The van der Waals surface area contributed by atoms with Crippen LogP contribution in [0.5, 0.6) is 5.75 Å². The zero-order valence-electron chi connectivity index (χ0n) is 8.37. The van der Waals surface area contributed by atoms with Gasteiger partial charge in [0.2, 0.25) is 0 Å². The highest BCUT2D eigenvalue weighted by molar-refractivity contribution is 9.10. The van der Waals surface area contributed by atoms with Crippen LogP contribution in [0.1, 0.15) is 5.56 Å². The van der Waals surface area contributed by atoms with Gasteiger partial charge in [-0.3, -0.25) is 0 Å². The number of nitrogens with zero attached hydrogens (tertiary/aromatic N) is 1. The summed E-state index contributed by atoms with van der Waals surface area (Å²) in [5.41, 5.74) is 0.385. The molecule has 1 heterocycles. The fourth-order valence-corrected chi connectivity index (χ4v) is 1.46. The molecule has 0 unspecified atom stereocenters. The lowest BCUT2D eigenvalue weighted by atomic mass is 10.2. The highest BCUT2D eigenvalue weighted by Gasteiger charge is 2.14. The molecule has 1 rings (SSSR count). The minimum Gasteiger partial charge on any atom is -0.492 e. The summed E-state index contributed by atoms with van der Waals surface area (Å²) in [5.74, 6) is -1.91. The van der Waals surface area contributed by atoms with Crippen molar-refractivity contribution < 1.29 is 23.8 Å². The minimum atomic E-state index is -1.09. The van der Waals surface area contributed by atoms with Crippen molar-refractivity contribution in [1.29, 1.82) is 0 Å². The first-order valence-electron chi connectivity index (χ1n) is 4.22. The Balaban J connectivity index is 2.84. The van der Waals surface area contributed by atoms with Crippen LogP contribution >= 0.6 is 15.9 Å². The molecule has 0 aromatic carbocycles. The molecule has 1 N–H and O–H groups in total. The number of aromatic nitrogens is 1. The van der Waals surface area contributed by atoms with E-state index >= 15 is 0 Å². The molecule has 0 aliphatic heterocycles. The Labute approximate surface area is 99.3 Å². The molecule has 1 aromatic heterocycles. The number of carboxylic acid groups (broad SMARTS) is 1. The molecule has 16 heavy (non-hydrogen) atoms. The number of pyridine rings is 1. The first-order chi connectivity index (χ1) is 7.56. The van der Waals surface area contributed by atoms with Gasteiger partial charge in [0, 0.05) is 16.2 Å². The molecular formula is C9H9BrFNO4. The van der Waals surface area contributed by atoms with E-state index in [1.54, 1.807) is 0 Å². The van der Waals surface area contributed by atoms with Gasteiger partial charge in [0.25, 0.3) is 5.95 Å². The number of hydrogen-bond donors (Lipinski definition) is 1. The third-order valence-corrected chi connectivity index (χ3v) is 2.40. The standard InChI is InChI=1S/C9H9BrFNO4/c1-15-8-5(3-16-4-7(13)14)6(10)2-12-9(8)11/h2H,3-4H2,1H3,(H,13,14). The molecule has 0 aliphatic rings. The molecule has 0 saturated carbocycles. The van der Waals surface area contributed by atoms with E-state index < -0.39 is 18.5 Å². The van der Waals surface area contributed by atoms with Crippen molar-refractivity contribution >= 4 is 21.9 Å². The number of methoxy groups -OCH3 is 1. The number of ether oxygens (including phenoxy) is 2. The summed E-state index contributed by atoms with van der Waals surface area (Å²) >= 11 is 3.15. The Morgan fingerprint density at radius 1 is 1.69 bits per heavy atom. The average Bonchev–Trinajstić information content (AvgIpc) is 2.23. The fourth-order valence-electron chi connectivity index (χ4n) is 1.07. The molecule has 0 saturated heterocycles. The van der Waals surface area contributed by atoms with Crippen molar-refractivity contribution in [2.24, 2.45) is 0 Å².